The number of benzene rings is 2. The number of nitrogens with one attached hydrogen (secondary N) is 1. The van der Waals surface area contributed by atoms with Crippen LogP contribution in [0.3, 0.4) is 0 Å². The van der Waals surface area contributed by atoms with Crippen LogP contribution in [-0.4, -0.2) is 23.7 Å². The van der Waals surface area contributed by atoms with E-state index in [1.54, 1.807) is 0 Å². The van der Waals surface area contributed by atoms with E-state index < -0.39 is 5.60 Å². The van der Waals surface area contributed by atoms with Gasteiger partial charge in [0.05, 0.1) is 5.60 Å². The van der Waals surface area contributed by atoms with Crippen LogP contribution in [0.25, 0.3) is 0 Å². The summed E-state index contributed by atoms with van der Waals surface area (Å²) >= 11 is 0. The van der Waals surface area contributed by atoms with Gasteiger partial charge in [-0.3, -0.25) is 4.79 Å². The molecule has 2 aromatic carbocycles. The number of carbonyl (C=O) groups excluding carboxylic acids is 1. The minimum Gasteiger partial charge on any atom is -0.489 e. The Kier molecular flexibility index (Phi) is 5.40. The number of carbonyl (C=O) groups is 1. The van der Waals surface area contributed by atoms with Gasteiger partial charge in [0, 0.05) is 12.0 Å². The van der Waals surface area contributed by atoms with Crippen LogP contribution in [-0.2, 0) is 23.2 Å². The molecule has 2 aliphatic carbocycles. The molecule has 2 aliphatic rings. The van der Waals surface area contributed by atoms with E-state index in [0.717, 1.165) is 62.7 Å². The molecule has 1 saturated carbocycles. The highest BCUT2D eigenvalue weighted by Gasteiger charge is 2.54. The van der Waals surface area contributed by atoms with Crippen molar-refractivity contribution < 1.29 is 14.6 Å². The zero-order valence-corrected chi connectivity index (χ0v) is 16.3. The zero-order chi connectivity index (χ0) is 19.5. The van der Waals surface area contributed by atoms with Gasteiger partial charge in [0.15, 0.2) is 0 Å². The van der Waals surface area contributed by atoms with Crippen LogP contribution in [0.15, 0.2) is 48.5 Å². The van der Waals surface area contributed by atoms with Crippen LogP contribution >= 0.6 is 0 Å². The van der Waals surface area contributed by atoms with E-state index in [1.165, 1.54) is 11.1 Å². The third kappa shape index (κ3) is 3.42. The Hall–Kier alpha value is -2.33. The number of fused-ring (bicyclic) bond motifs is 3. The van der Waals surface area contributed by atoms with Gasteiger partial charge in [-0.05, 0) is 60.9 Å². The molecule has 4 heteroatoms. The molecule has 1 amide bonds. The first-order chi connectivity index (χ1) is 13.7. The van der Waals surface area contributed by atoms with Crippen molar-refractivity contribution >= 4 is 6.41 Å². The van der Waals surface area contributed by atoms with Gasteiger partial charge in [0.1, 0.15) is 12.4 Å². The van der Waals surface area contributed by atoms with E-state index >= 15 is 0 Å². The maximum atomic E-state index is 11.6. The van der Waals surface area contributed by atoms with Gasteiger partial charge in [-0.2, -0.15) is 0 Å². The number of rotatable bonds is 7. The molecule has 0 saturated heterocycles. The van der Waals surface area contributed by atoms with Crippen molar-refractivity contribution in [2.24, 2.45) is 0 Å². The molecule has 28 heavy (non-hydrogen) atoms. The third-order valence-corrected chi connectivity index (χ3v) is 6.77. The fourth-order valence-electron chi connectivity index (χ4n) is 5.29. The van der Waals surface area contributed by atoms with E-state index in [4.69, 9.17) is 4.74 Å². The molecule has 0 heterocycles. The van der Waals surface area contributed by atoms with Crippen molar-refractivity contribution in [3.05, 3.63) is 65.2 Å². The fourth-order valence-corrected chi connectivity index (χ4v) is 5.29. The first-order valence-corrected chi connectivity index (χ1v) is 10.4. The van der Waals surface area contributed by atoms with Crippen LogP contribution in [0.1, 0.15) is 55.2 Å². The van der Waals surface area contributed by atoms with Crippen molar-refractivity contribution in [1.29, 1.82) is 0 Å². The van der Waals surface area contributed by atoms with Crippen LogP contribution < -0.4 is 10.1 Å². The SMILES string of the molecule is O=CNCC[C@]12CCCC[C@@]1(O)CCc1ccc(OCc3ccccc3)cc12. The quantitative estimate of drug-likeness (QED) is 0.567. The summed E-state index contributed by atoms with van der Waals surface area (Å²) in [5.41, 5.74) is 2.67. The number of aryl methyl sites for hydroxylation is 1. The Morgan fingerprint density at radius 1 is 1.07 bits per heavy atom. The summed E-state index contributed by atoms with van der Waals surface area (Å²) in [5, 5.41) is 14.4. The average Bonchev–Trinajstić information content (AvgIpc) is 2.73. The highest BCUT2D eigenvalue weighted by molar-refractivity contribution is 5.48. The predicted molar refractivity (Wildman–Crippen MR) is 109 cm³/mol. The molecule has 1 fully saturated rings. The molecule has 0 bridgehead atoms. The lowest BCUT2D eigenvalue weighted by Crippen LogP contribution is -2.57. The third-order valence-electron chi connectivity index (χ3n) is 6.77. The second-order valence-electron chi connectivity index (χ2n) is 8.24. The number of hydrogen-bond donors (Lipinski definition) is 2. The second-order valence-corrected chi connectivity index (χ2v) is 8.24. The summed E-state index contributed by atoms with van der Waals surface area (Å²) in [6.45, 7) is 1.12. The molecule has 0 radical (unpaired) electrons. The van der Waals surface area contributed by atoms with Crippen molar-refractivity contribution in [2.45, 2.75) is 62.6 Å². The Balaban J connectivity index is 1.65. The fraction of sp³-hybridized carbons (Fsp3) is 0.458. The molecule has 0 spiro atoms. The molecule has 2 aromatic rings. The molecule has 0 unspecified atom stereocenters. The van der Waals surface area contributed by atoms with E-state index in [1.807, 2.05) is 24.3 Å². The van der Waals surface area contributed by atoms with Crippen molar-refractivity contribution in [3.8, 4) is 5.75 Å². The van der Waals surface area contributed by atoms with Gasteiger partial charge < -0.3 is 15.2 Å². The average molecular weight is 380 g/mol. The topological polar surface area (TPSA) is 58.6 Å². The molecule has 2 atom stereocenters. The molecule has 2 N–H and O–H groups in total. The Bertz CT molecular complexity index is 822. The monoisotopic (exact) mass is 379 g/mol. The standard InChI is InChI=1S/C24H29NO3/c26-18-25-15-14-23-11-4-5-12-24(23,27)13-10-20-8-9-21(16-22(20)23)28-17-19-6-2-1-3-7-19/h1-3,6-9,16,18,27H,4-5,10-15,17H2,(H,25,26)/t23-,24+/m0/s1. The summed E-state index contributed by atoms with van der Waals surface area (Å²) in [5.74, 6) is 0.847. The van der Waals surface area contributed by atoms with Gasteiger partial charge in [-0.25, -0.2) is 0 Å². The largest absolute Gasteiger partial charge is 0.489 e. The molecular weight excluding hydrogens is 350 g/mol. The number of aliphatic hydroxyl groups is 1. The predicted octanol–water partition coefficient (Wildman–Crippen LogP) is 3.89. The first kappa shape index (κ1) is 19.0. The molecule has 148 valence electrons. The second kappa shape index (κ2) is 7.96. The molecule has 0 aromatic heterocycles. The maximum absolute atomic E-state index is 11.6. The normalized spacial score (nSPS) is 26.0. The lowest BCUT2D eigenvalue weighted by Gasteiger charge is -2.55. The van der Waals surface area contributed by atoms with E-state index in [0.29, 0.717) is 13.2 Å². The van der Waals surface area contributed by atoms with Gasteiger partial charge in [0.2, 0.25) is 6.41 Å². The summed E-state index contributed by atoms with van der Waals surface area (Å²) in [7, 11) is 0. The lowest BCUT2D eigenvalue weighted by molar-refractivity contribution is -0.110. The summed E-state index contributed by atoms with van der Waals surface area (Å²) in [6, 6.07) is 16.5. The Labute approximate surface area is 166 Å². The van der Waals surface area contributed by atoms with Crippen molar-refractivity contribution in [2.75, 3.05) is 6.54 Å². The van der Waals surface area contributed by atoms with Crippen LogP contribution in [0.4, 0.5) is 0 Å². The number of amides is 1. The van der Waals surface area contributed by atoms with E-state index in [-0.39, 0.29) is 5.41 Å². The molecule has 4 rings (SSSR count). The van der Waals surface area contributed by atoms with Crippen LogP contribution in [0.5, 0.6) is 5.75 Å². The van der Waals surface area contributed by atoms with Gasteiger partial charge in [-0.15, -0.1) is 0 Å². The summed E-state index contributed by atoms with van der Waals surface area (Å²) in [6.07, 6.45) is 7.18. The molecule has 4 nitrogen and oxygen atoms in total. The van der Waals surface area contributed by atoms with Crippen molar-refractivity contribution in [1.82, 2.24) is 5.32 Å². The number of hydrogen-bond acceptors (Lipinski definition) is 3. The highest BCUT2D eigenvalue weighted by Crippen LogP contribution is 2.55. The maximum Gasteiger partial charge on any atom is 0.207 e. The Morgan fingerprint density at radius 3 is 2.71 bits per heavy atom. The summed E-state index contributed by atoms with van der Waals surface area (Å²) < 4.78 is 6.09. The molecule has 0 aliphatic heterocycles. The number of ether oxygens (including phenoxy) is 1. The first-order valence-electron chi connectivity index (χ1n) is 10.4. The minimum absolute atomic E-state index is 0.305. The Morgan fingerprint density at radius 2 is 1.89 bits per heavy atom. The van der Waals surface area contributed by atoms with Crippen LogP contribution in [0, 0.1) is 0 Å². The summed E-state index contributed by atoms with van der Waals surface area (Å²) in [4.78, 5) is 10.8. The van der Waals surface area contributed by atoms with Gasteiger partial charge >= 0.3 is 0 Å². The lowest BCUT2D eigenvalue weighted by atomic mass is 9.53. The van der Waals surface area contributed by atoms with Crippen molar-refractivity contribution in [3.63, 3.8) is 0 Å². The van der Waals surface area contributed by atoms with Gasteiger partial charge in [0.25, 0.3) is 0 Å². The molecular formula is C24H29NO3. The van der Waals surface area contributed by atoms with E-state index in [2.05, 4.69) is 29.6 Å². The van der Waals surface area contributed by atoms with Crippen LogP contribution in [0.2, 0.25) is 0 Å². The van der Waals surface area contributed by atoms with Gasteiger partial charge in [-0.1, -0.05) is 49.2 Å². The highest BCUT2D eigenvalue weighted by atomic mass is 16.5. The smallest absolute Gasteiger partial charge is 0.207 e. The zero-order valence-electron chi connectivity index (χ0n) is 16.3. The van der Waals surface area contributed by atoms with E-state index in [9.17, 15) is 9.90 Å². The minimum atomic E-state index is -0.694.